The van der Waals surface area contributed by atoms with E-state index in [4.69, 9.17) is 4.42 Å². The predicted molar refractivity (Wildman–Crippen MR) is 103 cm³/mol. The van der Waals surface area contributed by atoms with E-state index < -0.39 is 0 Å². The van der Waals surface area contributed by atoms with E-state index in [0.29, 0.717) is 18.6 Å². The number of hydrogen-bond donors (Lipinski definition) is 1. The molecule has 2 aromatic rings. The summed E-state index contributed by atoms with van der Waals surface area (Å²) in [5.41, 5.74) is 1.69. The summed E-state index contributed by atoms with van der Waals surface area (Å²) in [5, 5.41) is 3.34. The van der Waals surface area contributed by atoms with E-state index in [1.54, 1.807) is 0 Å². The van der Waals surface area contributed by atoms with E-state index >= 15 is 0 Å². The molecule has 2 fully saturated rings. The zero-order valence-corrected chi connectivity index (χ0v) is 15.5. The van der Waals surface area contributed by atoms with Crippen molar-refractivity contribution >= 4 is 23.0 Å². The summed E-state index contributed by atoms with van der Waals surface area (Å²) in [7, 11) is 0. The third-order valence-electron chi connectivity index (χ3n) is 5.80. The van der Waals surface area contributed by atoms with E-state index in [9.17, 15) is 4.79 Å². The first-order valence-corrected chi connectivity index (χ1v) is 10.2. The van der Waals surface area contributed by atoms with Crippen molar-refractivity contribution < 1.29 is 9.21 Å². The van der Waals surface area contributed by atoms with Gasteiger partial charge in [0.25, 0.3) is 6.01 Å². The Morgan fingerprint density at radius 2 is 1.81 bits per heavy atom. The molecule has 1 aromatic heterocycles. The fourth-order valence-electron chi connectivity index (χ4n) is 4.28. The lowest BCUT2D eigenvalue weighted by molar-refractivity contribution is -0.126. The molecule has 0 unspecified atom stereocenters. The number of amides is 1. The number of oxazole rings is 1. The summed E-state index contributed by atoms with van der Waals surface area (Å²) < 4.78 is 5.90. The third-order valence-corrected chi connectivity index (χ3v) is 5.80. The van der Waals surface area contributed by atoms with Crippen molar-refractivity contribution in [3.8, 4) is 0 Å². The van der Waals surface area contributed by atoms with Crippen LogP contribution in [-0.4, -0.2) is 30.0 Å². The molecule has 1 amide bonds. The molecule has 2 aliphatic rings. The fraction of sp³-hybridized carbons (Fsp3) is 0.619. The van der Waals surface area contributed by atoms with Crippen LogP contribution >= 0.6 is 0 Å². The van der Waals surface area contributed by atoms with Crippen LogP contribution in [0, 0.1) is 5.92 Å². The molecule has 5 nitrogen and oxygen atoms in total. The number of nitrogens with zero attached hydrogens (tertiary/aromatic N) is 2. The van der Waals surface area contributed by atoms with Crippen LogP contribution < -0.4 is 10.2 Å². The highest BCUT2D eigenvalue weighted by Gasteiger charge is 2.29. The van der Waals surface area contributed by atoms with Gasteiger partial charge in [-0.1, -0.05) is 44.2 Å². The molecular formula is C21H29N3O2. The van der Waals surface area contributed by atoms with Gasteiger partial charge in [-0.3, -0.25) is 4.79 Å². The molecule has 0 bridgehead atoms. The summed E-state index contributed by atoms with van der Waals surface area (Å²) in [6, 6.07) is 8.84. The van der Waals surface area contributed by atoms with Gasteiger partial charge in [0.15, 0.2) is 5.58 Å². The van der Waals surface area contributed by atoms with E-state index in [1.165, 1.54) is 32.1 Å². The number of fused-ring (bicyclic) bond motifs is 1. The first-order chi connectivity index (χ1) is 12.8. The van der Waals surface area contributed by atoms with Gasteiger partial charge in [-0.05, 0) is 37.8 Å². The SMILES string of the molecule is O=C(NC1CCCCCCC1)[C@H]1CCCN(c2nc3ccccc3o2)C1. The van der Waals surface area contributed by atoms with Crippen LogP contribution in [-0.2, 0) is 4.79 Å². The van der Waals surface area contributed by atoms with Gasteiger partial charge >= 0.3 is 0 Å². The smallest absolute Gasteiger partial charge is 0.298 e. The van der Waals surface area contributed by atoms with Gasteiger partial charge in [0, 0.05) is 19.1 Å². The average molecular weight is 355 g/mol. The summed E-state index contributed by atoms with van der Waals surface area (Å²) in [5.74, 6) is 0.251. The van der Waals surface area contributed by atoms with E-state index in [2.05, 4.69) is 15.2 Å². The van der Waals surface area contributed by atoms with Crippen LogP contribution in [0.2, 0.25) is 0 Å². The molecule has 1 aromatic carbocycles. The maximum Gasteiger partial charge on any atom is 0.298 e. The standard InChI is InChI=1S/C21H29N3O2/c25-20(22-17-10-4-2-1-3-5-11-17)16-9-8-14-24(15-16)21-23-18-12-6-7-13-19(18)26-21/h6-7,12-13,16-17H,1-5,8-11,14-15H2,(H,22,25)/t16-/m0/s1. The van der Waals surface area contributed by atoms with Crippen LogP contribution in [0.25, 0.3) is 11.1 Å². The molecule has 1 N–H and O–H groups in total. The molecule has 1 saturated carbocycles. The minimum absolute atomic E-state index is 0.0317. The third kappa shape index (κ3) is 4.02. The topological polar surface area (TPSA) is 58.4 Å². The van der Waals surface area contributed by atoms with Crippen LogP contribution in [0.1, 0.15) is 57.8 Å². The molecule has 1 aliphatic carbocycles. The molecule has 26 heavy (non-hydrogen) atoms. The Morgan fingerprint density at radius 3 is 2.62 bits per heavy atom. The number of aromatic nitrogens is 1. The molecule has 0 radical (unpaired) electrons. The monoisotopic (exact) mass is 355 g/mol. The normalized spacial score (nSPS) is 22.8. The Labute approximate surface area is 155 Å². The Hall–Kier alpha value is -2.04. The van der Waals surface area contributed by atoms with Crippen molar-refractivity contribution in [2.24, 2.45) is 5.92 Å². The molecule has 2 heterocycles. The Balaban J connectivity index is 1.38. The molecule has 4 rings (SSSR count). The van der Waals surface area contributed by atoms with Crippen molar-refractivity contribution in [1.29, 1.82) is 0 Å². The van der Waals surface area contributed by atoms with Crippen molar-refractivity contribution in [3.05, 3.63) is 24.3 Å². The number of rotatable bonds is 3. The minimum Gasteiger partial charge on any atom is -0.423 e. The summed E-state index contributed by atoms with van der Waals surface area (Å²) in [6.45, 7) is 1.60. The second-order valence-electron chi connectivity index (χ2n) is 7.80. The number of para-hydroxylation sites is 2. The van der Waals surface area contributed by atoms with Gasteiger partial charge in [0.2, 0.25) is 5.91 Å². The second-order valence-corrected chi connectivity index (χ2v) is 7.80. The molecule has 5 heteroatoms. The van der Waals surface area contributed by atoms with Crippen LogP contribution in [0.3, 0.4) is 0 Å². The number of carbonyl (C=O) groups excluding carboxylic acids is 1. The van der Waals surface area contributed by atoms with Crippen molar-refractivity contribution in [2.45, 2.75) is 63.8 Å². The van der Waals surface area contributed by atoms with Crippen LogP contribution in [0.5, 0.6) is 0 Å². The number of carbonyl (C=O) groups is 1. The highest BCUT2D eigenvalue weighted by Crippen LogP contribution is 2.27. The number of piperidine rings is 1. The Morgan fingerprint density at radius 1 is 1.04 bits per heavy atom. The molecule has 0 spiro atoms. The van der Waals surface area contributed by atoms with Crippen molar-refractivity contribution in [1.82, 2.24) is 10.3 Å². The lowest BCUT2D eigenvalue weighted by atomic mass is 9.94. The summed E-state index contributed by atoms with van der Waals surface area (Å²) in [4.78, 5) is 19.6. The lowest BCUT2D eigenvalue weighted by Crippen LogP contribution is -2.46. The van der Waals surface area contributed by atoms with Gasteiger partial charge in [-0.25, -0.2) is 0 Å². The van der Waals surface area contributed by atoms with Crippen molar-refractivity contribution in [2.75, 3.05) is 18.0 Å². The first-order valence-electron chi connectivity index (χ1n) is 10.2. The van der Waals surface area contributed by atoms with Crippen LogP contribution in [0.15, 0.2) is 28.7 Å². The largest absolute Gasteiger partial charge is 0.423 e. The fourth-order valence-corrected chi connectivity index (χ4v) is 4.28. The quantitative estimate of drug-likeness (QED) is 0.893. The number of benzene rings is 1. The van der Waals surface area contributed by atoms with Crippen LogP contribution in [0.4, 0.5) is 6.01 Å². The summed E-state index contributed by atoms with van der Waals surface area (Å²) >= 11 is 0. The highest BCUT2D eigenvalue weighted by molar-refractivity contribution is 5.80. The molecular weight excluding hydrogens is 326 g/mol. The van der Waals surface area contributed by atoms with Gasteiger partial charge in [-0.2, -0.15) is 4.98 Å². The first kappa shape index (κ1) is 17.4. The van der Waals surface area contributed by atoms with Gasteiger partial charge in [0.1, 0.15) is 5.52 Å². The molecule has 1 atom stereocenters. The molecule has 140 valence electrons. The Kier molecular flexibility index (Phi) is 5.42. The number of hydrogen-bond acceptors (Lipinski definition) is 4. The lowest BCUT2D eigenvalue weighted by Gasteiger charge is -2.32. The highest BCUT2D eigenvalue weighted by atomic mass is 16.4. The van der Waals surface area contributed by atoms with Gasteiger partial charge in [-0.15, -0.1) is 0 Å². The van der Waals surface area contributed by atoms with E-state index in [1.807, 2.05) is 24.3 Å². The van der Waals surface area contributed by atoms with Crippen molar-refractivity contribution in [3.63, 3.8) is 0 Å². The Bertz CT molecular complexity index is 701. The molecule has 1 aliphatic heterocycles. The van der Waals surface area contributed by atoms with E-state index in [0.717, 1.165) is 43.3 Å². The average Bonchev–Trinajstić information content (AvgIpc) is 3.08. The van der Waals surface area contributed by atoms with E-state index in [-0.39, 0.29) is 11.8 Å². The summed E-state index contributed by atoms with van der Waals surface area (Å²) in [6.07, 6.45) is 10.7. The van der Waals surface area contributed by atoms with Gasteiger partial charge < -0.3 is 14.6 Å². The number of anilines is 1. The number of nitrogens with one attached hydrogen (secondary N) is 1. The second kappa shape index (κ2) is 8.11. The predicted octanol–water partition coefficient (Wildman–Crippen LogP) is 4.27. The maximum absolute atomic E-state index is 12.8. The minimum atomic E-state index is 0.0317. The zero-order chi connectivity index (χ0) is 17.8. The molecule has 1 saturated heterocycles. The van der Waals surface area contributed by atoms with Gasteiger partial charge in [0.05, 0.1) is 5.92 Å². The maximum atomic E-state index is 12.8. The zero-order valence-electron chi connectivity index (χ0n) is 15.5.